The minimum absolute atomic E-state index is 0.0668. The van der Waals surface area contributed by atoms with E-state index in [1.54, 1.807) is 6.07 Å². The van der Waals surface area contributed by atoms with Crippen LogP contribution in [0.25, 0.3) is 10.4 Å². The van der Waals surface area contributed by atoms with Gasteiger partial charge in [0, 0.05) is 36.1 Å². The number of phenols is 1. The lowest BCUT2D eigenvalue weighted by Crippen LogP contribution is -2.48. The molecule has 4 nitrogen and oxygen atoms in total. The number of halogens is 1. The van der Waals surface area contributed by atoms with Crippen LogP contribution in [0.3, 0.4) is 0 Å². The average molecular weight is 399 g/mol. The number of hydrogen-bond donors (Lipinski definition) is 1. The second kappa shape index (κ2) is 7.62. The quantitative estimate of drug-likeness (QED) is 0.693. The van der Waals surface area contributed by atoms with Crippen LogP contribution < -0.4 is 4.90 Å². The molecule has 0 atom stereocenters. The molecular weight excluding hydrogens is 380 g/mol. The van der Waals surface area contributed by atoms with E-state index in [0.717, 1.165) is 21.0 Å². The number of benzene rings is 2. The smallest absolute Gasteiger partial charge is 0.264 e. The average Bonchev–Trinajstić information content (AvgIpc) is 3.19. The van der Waals surface area contributed by atoms with E-state index in [2.05, 4.69) is 4.90 Å². The maximum atomic E-state index is 12.9. The first-order valence-corrected chi connectivity index (χ1v) is 9.99. The topological polar surface area (TPSA) is 43.8 Å². The molecule has 4 rings (SSSR count). The Hall–Kier alpha value is -2.50. The molecule has 1 fully saturated rings. The SMILES string of the molecule is O=C(c1ccc(-c2ccc(Cl)cc2)s1)N1CCN(c2ccccc2O)CC1. The van der Waals surface area contributed by atoms with Crippen molar-refractivity contribution < 1.29 is 9.90 Å². The van der Waals surface area contributed by atoms with Gasteiger partial charge >= 0.3 is 0 Å². The molecule has 0 saturated carbocycles. The Kier molecular flexibility index (Phi) is 5.05. The minimum Gasteiger partial charge on any atom is -0.506 e. The van der Waals surface area contributed by atoms with Gasteiger partial charge in [0.25, 0.3) is 5.91 Å². The minimum atomic E-state index is 0.0668. The summed E-state index contributed by atoms with van der Waals surface area (Å²) >= 11 is 7.45. The summed E-state index contributed by atoms with van der Waals surface area (Å²) in [7, 11) is 0. The van der Waals surface area contributed by atoms with Crippen LogP contribution in [0.5, 0.6) is 5.75 Å². The van der Waals surface area contributed by atoms with Gasteiger partial charge in [0.1, 0.15) is 5.75 Å². The van der Waals surface area contributed by atoms with E-state index in [1.165, 1.54) is 11.3 Å². The molecule has 3 aromatic rings. The predicted molar refractivity (Wildman–Crippen MR) is 111 cm³/mol. The number of phenolic OH excluding ortho intramolecular Hbond substituents is 1. The summed E-state index contributed by atoms with van der Waals surface area (Å²) in [5.41, 5.74) is 1.89. The van der Waals surface area contributed by atoms with Crippen molar-refractivity contribution in [3.63, 3.8) is 0 Å². The van der Waals surface area contributed by atoms with E-state index >= 15 is 0 Å². The van der Waals surface area contributed by atoms with Crippen LogP contribution in [0.1, 0.15) is 9.67 Å². The molecule has 1 aromatic heterocycles. The highest BCUT2D eigenvalue weighted by Crippen LogP contribution is 2.31. The number of amides is 1. The Labute approximate surface area is 167 Å². The largest absolute Gasteiger partial charge is 0.506 e. The summed E-state index contributed by atoms with van der Waals surface area (Å²) in [5, 5.41) is 10.7. The Balaban J connectivity index is 1.43. The van der Waals surface area contributed by atoms with Crippen molar-refractivity contribution in [2.24, 2.45) is 0 Å². The first-order valence-electron chi connectivity index (χ1n) is 8.80. The molecule has 0 spiro atoms. The third kappa shape index (κ3) is 3.80. The van der Waals surface area contributed by atoms with Crippen molar-refractivity contribution in [3.8, 4) is 16.2 Å². The number of thiophene rings is 1. The van der Waals surface area contributed by atoms with Gasteiger partial charge in [0.2, 0.25) is 0 Å². The standard InChI is InChI=1S/C21H19ClN2O2S/c22-16-7-5-15(6-8-16)19-9-10-20(27-19)21(26)24-13-11-23(12-14-24)17-3-1-2-4-18(17)25/h1-10,25H,11-14H2. The van der Waals surface area contributed by atoms with Gasteiger partial charge in [-0.25, -0.2) is 0 Å². The summed E-state index contributed by atoms with van der Waals surface area (Å²) < 4.78 is 0. The molecule has 1 aliphatic rings. The van der Waals surface area contributed by atoms with E-state index < -0.39 is 0 Å². The Bertz CT molecular complexity index is 947. The number of carbonyl (C=O) groups excluding carboxylic acids is 1. The molecule has 0 aliphatic carbocycles. The van der Waals surface area contributed by atoms with Gasteiger partial charge in [-0.1, -0.05) is 35.9 Å². The van der Waals surface area contributed by atoms with E-state index in [9.17, 15) is 9.90 Å². The van der Waals surface area contributed by atoms with Crippen molar-refractivity contribution in [2.45, 2.75) is 0 Å². The number of piperazine rings is 1. The van der Waals surface area contributed by atoms with Crippen LogP contribution in [0.4, 0.5) is 5.69 Å². The maximum Gasteiger partial charge on any atom is 0.264 e. The van der Waals surface area contributed by atoms with Crippen LogP contribution in [-0.2, 0) is 0 Å². The van der Waals surface area contributed by atoms with E-state index in [0.29, 0.717) is 31.2 Å². The second-order valence-electron chi connectivity index (χ2n) is 6.44. The summed E-state index contributed by atoms with van der Waals surface area (Å²) in [4.78, 5) is 18.7. The highest BCUT2D eigenvalue weighted by molar-refractivity contribution is 7.17. The van der Waals surface area contributed by atoms with E-state index in [4.69, 9.17) is 11.6 Å². The lowest BCUT2D eigenvalue weighted by molar-refractivity contribution is 0.0751. The highest BCUT2D eigenvalue weighted by atomic mass is 35.5. The van der Waals surface area contributed by atoms with Crippen molar-refractivity contribution in [1.82, 2.24) is 4.90 Å². The molecule has 2 aromatic carbocycles. The van der Waals surface area contributed by atoms with Crippen molar-refractivity contribution in [2.75, 3.05) is 31.1 Å². The summed E-state index contributed by atoms with van der Waals surface area (Å²) in [6.45, 7) is 2.69. The number of aromatic hydroxyl groups is 1. The van der Waals surface area contributed by atoms with Gasteiger partial charge in [0.15, 0.2) is 0 Å². The van der Waals surface area contributed by atoms with Crippen molar-refractivity contribution in [1.29, 1.82) is 0 Å². The van der Waals surface area contributed by atoms with E-state index in [-0.39, 0.29) is 11.7 Å². The van der Waals surface area contributed by atoms with Gasteiger partial charge in [0.05, 0.1) is 10.6 Å². The highest BCUT2D eigenvalue weighted by Gasteiger charge is 2.24. The van der Waals surface area contributed by atoms with Crippen LogP contribution in [-0.4, -0.2) is 42.1 Å². The lowest BCUT2D eigenvalue weighted by atomic mass is 10.2. The number of hydrogen-bond acceptors (Lipinski definition) is 4. The first-order chi connectivity index (χ1) is 13.1. The fourth-order valence-electron chi connectivity index (χ4n) is 3.26. The third-order valence-corrected chi connectivity index (χ3v) is 6.11. The van der Waals surface area contributed by atoms with Gasteiger partial charge in [-0.2, -0.15) is 0 Å². The summed E-state index contributed by atoms with van der Waals surface area (Å²) in [5.74, 6) is 0.347. The zero-order valence-electron chi connectivity index (χ0n) is 14.6. The zero-order chi connectivity index (χ0) is 18.8. The van der Waals surface area contributed by atoms with Crippen LogP contribution in [0.2, 0.25) is 5.02 Å². The third-order valence-electron chi connectivity index (χ3n) is 4.73. The second-order valence-corrected chi connectivity index (χ2v) is 7.96. The Morgan fingerprint density at radius 1 is 0.926 bits per heavy atom. The van der Waals surface area contributed by atoms with Crippen LogP contribution in [0.15, 0.2) is 60.7 Å². The maximum absolute atomic E-state index is 12.9. The lowest BCUT2D eigenvalue weighted by Gasteiger charge is -2.36. The predicted octanol–water partition coefficient (Wildman–Crippen LogP) is 4.74. The van der Waals surface area contributed by atoms with Gasteiger partial charge in [-0.15, -0.1) is 11.3 Å². The molecule has 1 aliphatic heterocycles. The molecule has 0 unspecified atom stereocenters. The molecule has 138 valence electrons. The van der Waals surface area contributed by atoms with Crippen molar-refractivity contribution in [3.05, 3.63) is 70.6 Å². The molecule has 0 bridgehead atoms. The van der Waals surface area contributed by atoms with Crippen molar-refractivity contribution >= 4 is 34.5 Å². The molecule has 1 saturated heterocycles. The molecule has 6 heteroatoms. The molecule has 2 heterocycles. The monoisotopic (exact) mass is 398 g/mol. The van der Waals surface area contributed by atoms with Gasteiger partial charge < -0.3 is 14.9 Å². The first kappa shape index (κ1) is 17.9. The Morgan fingerprint density at radius 2 is 1.63 bits per heavy atom. The fourth-order valence-corrected chi connectivity index (χ4v) is 4.37. The number of anilines is 1. The van der Waals surface area contributed by atoms with E-state index in [1.807, 2.05) is 59.5 Å². The normalized spacial score (nSPS) is 14.4. The molecule has 1 amide bonds. The fraction of sp³-hybridized carbons (Fsp3) is 0.190. The van der Waals surface area contributed by atoms with Crippen LogP contribution >= 0.6 is 22.9 Å². The zero-order valence-corrected chi connectivity index (χ0v) is 16.2. The number of nitrogens with zero attached hydrogens (tertiary/aromatic N) is 2. The summed E-state index contributed by atoms with van der Waals surface area (Å²) in [6.07, 6.45) is 0. The number of para-hydroxylation sites is 2. The van der Waals surface area contributed by atoms with Gasteiger partial charge in [-0.05, 0) is 42.0 Å². The molecular formula is C21H19ClN2O2S. The molecule has 0 radical (unpaired) electrons. The van der Waals surface area contributed by atoms with Crippen LogP contribution in [0, 0.1) is 0 Å². The molecule has 27 heavy (non-hydrogen) atoms. The summed E-state index contributed by atoms with van der Waals surface area (Å²) in [6, 6.07) is 18.9. The number of rotatable bonds is 3. The van der Waals surface area contributed by atoms with Gasteiger partial charge in [-0.3, -0.25) is 4.79 Å². The molecule has 1 N–H and O–H groups in total. The number of carbonyl (C=O) groups is 1. The Morgan fingerprint density at radius 3 is 2.33 bits per heavy atom.